The fourth-order valence-corrected chi connectivity index (χ4v) is 9.42. The lowest BCUT2D eigenvalue weighted by molar-refractivity contribution is -0.135. The second kappa shape index (κ2) is 16.6. The third-order valence-electron chi connectivity index (χ3n) is 8.28. The van der Waals surface area contributed by atoms with Gasteiger partial charge in [0.1, 0.15) is 30.2 Å². The summed E-state index contributed by atoms with van der Waals surface area (Å²) in [5, 5.41) is 29.9. The van der Waals surface area contributed by atoms with E-state index in [-0.39, 0.29) is 53.8 Å². The van der Waals surface area contributed by atoms with E-state index >= 15 is 0 Å². The molecule has 0 aliphatic carbocycles. The number of thioether (sulfide) groups is 1. The van der Waals surface area contributed by atoms with E-state index in [0.29, 0.717) is 31.1 Å². The van der Waals surface area contributed by atoms with Crippen LogP contribution in [0.2, 0.25) is 0 Å². The summed E-state index contributed by atoms with van der Waals surface area (Å²) in [6, 6.07) is 0.184. The van der Waals surface area contributed by atoms with Crippen molar-refractivity contribution in [3.63, 3.8) is 0 Å². The molecule has 21 nitrogen and oxygen atoms in total. The third-order valence-corrected chi connectivity index (χ3v) is 12.4. The Morgan fingerprint density at radius 3 is 2.64 bits per heavy atom. The van der Waals surface area contributed by atoms with Gasteiger partial charge in [-0.3, -0.25) is 23.6 Å². The van der Waals surface area contributed by atoms with Crippen LogP contribution in [0.4, 0.5) is 10.6 Å². The zero-order valence-corrected chi connectivity index (χ0v) is 29.2. The second-order valence-electron chi connectivity index (χ2n) is 11.9. The van der Waals surface area contributed by atoms with Crippen molar-refractivity contribution in [2.24, 2.45) is 0 Å². The summed E-state index contributed by atoms with van der Waals surface area (Å²) in [6.07, 6.45) is 0.311. The zero-order valence-electron chi connectivity index (χ0n) is 26.6. The van der Waals surface area contributed by atoms with Crippen molar-refractivity contribution >= 4 is 62.3 Å². The molecule has 0 radical (unpaired) electrons. The number of aromatic nitrogens is 4. The van der Waals surface area contributed by atoms with Crippen LogP contribution in [-0.4, -0.2) is 112 Å². The standard InChI is InChI=1S/C26H40N8O13P2S/c27-23-20-24(30-12-29-23)34(13-31-20)25-22(38)21(37)15(45-25)10-44-48(40,41)47-49(42,43)46-18(36)8-2-1-5-9-28-17(35)7-4-3-6-16-19-14(11-50-16)32-26(39)33-19/h12-16,19,21-22,25,37-38H,1-11H2,(H,28,35)(H,40,41)(H,42,43)(H2,27,29,30)(H2,32,33,39)/t14?,15?,16-,19?,21?,22?,25?/m0/s1. The summed E-state index contributed by atoms with van der Waals surface area (Å²) in [6.45, 7) is -0.504. The first-order valence-corrected chi connectivity index (χ1v) is 19.9. The van der Waals surface area contributed by atoms with Gasteiger partial charge in [-0.25, -0.2) is 28.9 Å². The summed E-state index contributed by atoms with van der Waals surface area (Å²) in [5.41, 5.74) is 6.14. The van der Waals surface area contributed by atoms with Gasteiger partial charge in [0.25, 0.3) is 0 Å². The summed E-state index contributed by atoms with van der Waals surface area (Å²) in [5.74, 6) is -0.316. The molecule has 3 aliphatic heterocycles. The number of carbonyl (C=O) groups is 3. The Balaban J connectivity index is 0.930. The molecule has 0 spiro atoms. The van der Waals surface area contributed by atoms with Gasteiger partial charge >= 0.3 is 27.6 Å². The number of phosphoric ester groups is 2. The number of hydrogen-bond acceptors (Lipinski definition) is 16. The van der Waals surface area contributed by atoms with Crippen molar-refractivity contribution in [2.75, 3.05) is 24.6 Å². The maximum absolute atomic E-state index is 12.3. The van der Waals surface area contributed by atoms with Crippen LogP contribution in [0.25, 0.3) is 11.2 Å². The van der Waals surface area contributed by atoms with Crippen LogP contribution in [0.5, 0.6) is 0 Å². The third kappa shape index (κ3) is 9.90. The molecule has 0 bridgehead atoms. The summed E-state index contributed by atoms with van der Waals surface area (Å²) in [4.78, 5) is 67.4. The van der Waals surface area contributed by atoms with Crippen LogP contribution in [0.15, 0.2) is 12.7 Å². The number of nitrogens with one attached hydrogen (secondary N) is 3. The number of rotatable bonds is 18. The van der Waals surface area contributed by atoms with E-state index < -0.39 is 52.8 Å². The van der Waals surface area contributed by atoms with E-state index in [1.165, 1.54) is 10.9 Å². The van der Waals surface area contributed by atoms with Crippen molar-refractivity contribution in [1.82, 2.24) is 35.5 Å². The fourth-order valence-electron chi connectivity index (χ4n) is 5.83. The van der Waals surface area contributed by atoms with E-state index in [2.05, 4.69) is 44.3 Å². The largest absolute Gasteiger partial charge is 0.538 e. The lowest BCUT2D eigenvalue weighted by Crippen LogP contribution is -2.36. The summed E-state index contributed by atoms with van der Waals surface area (Å²) in [7, 11) is -10.8. The Hall–Kier alpha value is -2.91. The van der Waals surface area contributed by atoms with Crippen molar-refractivity contribution in [1.29, 1.82) is 0 Å². The Labute approximate surface area is 289 Å². The van der Waals surface area contributed by atoms with Crippen LogP contribution in [-0.2, 0) is 36.8 Å². The first-order chi connectivity index (χ1) is 23.7. The lowest BCUT2D eigenvalue weighted by Gasteiger charge is -2.19. The number of fused-ring (bicyclic) bond motifs is 2. The molecule has 3 fully saturated rings. The quantitative estimate of drug-likeness (QED) is 0.0571. The van der Waals surface area contributed by atoms with Crippen LogP contribution < -0.4 is 21.7 Å². The van der Waals surface area contributed by atoms with Gasteiger partial charge in [0, 0.05) is 30.4 Å². The number of nitrogens with two attached hydrogens (primary N) is 1. The van der Waals surface area contributed by atoms with Gasteiger partial charge < -0.3 is 46.1 Å². The van der Waals surface area contributed by atoms with Crippen molar-refractivity contribution < 1.29 is 61.6 Å². The summed E-state index contributed by atoms with van der Waals surface area (Å²) < 4.78 is 44.6. The molecular formula is C26H40N8O13P2S. The van der Waals surface area contributed by atoms with Crippen LogP contribution in [0.1, 0.15) is 57.6 Å². The lowest BCUT2D eigenvalue weighted by atomic mass is 10.0. The van der Waals surface area contributed by atoms with Crippen LogP contribution >= 0.6 is 27.4 Å². The van der Waals surface area contributed by atoms with Crippen LogP contribution in [0, 0.1) is 0 Å². The molecule has 5 rings (SSSR count). The number of unbranched alkanes of at least 4 members (excludes halogenated alkanes) is 3. The van der Waals surface area contributed by atoms with Gasteiger partial charge in [-0.15, -0.1) is 0 Å². The molecule has 278 valence electrons. The minimum atomic E-state index is -5.40. The molecular weight excluding hydrogens is 726 g/mol. The predicted molar refractivity (Wildman–Crippen MR) is 174 cm³/mol. The SMILES string of the molecule is Nc1ncnc2c1ncn2C1OC(COP(=O)(O)OP(=O)(O)OC(=O)CCCCCNC(=O)CCCC[C@@H]2SCC3NC(=O)NC32)C(O)C1O. The Bertz CT molecular complexity index is 1640. The predicted octanol–water partition coefficient (Wildman–Crippen LogP) is 0.207. The zero-order chi connectivity index (χ0) is 36.1. The average Bonchev–Trinajstić information content (AvgIpc) is 3.79. The highest BCUT2D eigenvalue weighted by Gasteiger charge is 2.47. The number of aliphatic hydroxyl groups is 2. The van der Waals surface area contributed by atoms with E-state index in [1.54, 1.807) is 0 Å². The van der Waals surface area contributed by atoms with Crippen molar-refractivity contribution in [3.05, 3.63) is 12.7 Å². The molecule has 3 amide bonds. The van der Waals surface area contributed by atoms with E-state index in [9.17, 15) is 43.5 Å². The smallest absolute Gasteiger partial charge is 0.387 e. The second-order valence-corrected chi connectivity index (χ2v) is 16.2. The minimum absolute atomic E-state index is 0.0611. The molecule has 5 heterocycles. The molecule has 0 aromatic carbocycles. The van der Waals surface area contributed by atoms with Gasteiger partial charge in [0.2, 0.25) is 5.91 Å². The van der Waals surface area contributed by atoms with Crippen LogP contribution in [0.3, 0.4) is 0 Å². The minimum Gasteiger partial charge on any atom is -0.387 e. The number of nitrogens with zero attached hydrogens (tertiary/aromatic N) is 4. The number of ether oxygens (including phenoxy) is 1. The Kier molecular flexibility index (Phi) is 12.7. The molecule has 2 aromatic heterocycles. The first kappa shape index (κ1) is 38.3. The number of amides is 3. The van der Waals surface area contributed by atoms with Gasteiger partial charge in [0.05, 0.1) is 25.0 Å². The van der Waals surface area contributed by atoms with Crippen molar-refractivity contribution in [3.8, 4) is 0 Å². The number of imidazole rings is 1. The maximum atomic E-state index is 12.3. The molecule has 0 saturated carbocycles. The number of carbonyl (C=O) groups excluding carboxylic acids is 3. The molecule has 24 heteroatoms. The molecule has 2 aromatic rings. The highest BCUT2D eigenvalue weighted by atomic mass is 32.2. The topological polar surface area (TPSA) is 309 Å². The van der Waals surface area contributed by atoms with Gasteiger partial charge in [-0.2, -0.15) is 16.1 Å². The highest BCUT2D eigenvalue weighted by Crippen LogP contribution is 2.60. The fraction of sp³-hybridized carbons (Fsp3) is 0.692. The monoisotopic (exact) mass is 766 g/mol. The number of hydrogen-bond donors (Lipinski definition) is 8. The number of aliphatic hydroxyl groups excluding tert-OH is 2. The van der Waals surface area contributed by atoms with Crippen molar-refractivity contribution in [2.45, 2.75) is 93.2 Å². The molecule has 9 N–H and O–H groups in total. The molecule has 9 atom stereocenters. The number of phosphoric acid groups is 2. The average molecular weight is 767 g/mol. The molecule has 3 aliphatic rings. The highest BCUT2D eigenvalue weighted by molar-refractivity contribution is 8.00. The number of nitrogen functional groups attached to an aromatic ring is 1. The Morgan fingerprint density at radius 1 is 1.06 bits per heavy atom. The van der Waals surface area contributed by atoms with Gasteiger partial charge in [-0.1, -0.05) is 12.8 Å². The van der Waals surface area contributed by atoms with E-state index in [1.807, 2.05) is 11.8 Å². The maximum Gasteiger partial charge on any atom is 0.538 e. The Morgan fingerprint density at radius 2 is 1.84 bits per heavy atom. The van der Waals surface area contributed by atoms with E-state index in [4.69, 9.17) is 10.5 Å². The number of urea groups is 1. The molecule has 3 saturated heterocycles. The van der Waals surface area contributed by atoms with Gasteiger partial charge in [-0.05, 0) is 25.7 Å². The number of anilines is 1. The summed E-state index contributed by atoms with van der Waals surface area (Å²) >= 11 is 1.83. The molecule has 50 heavy (non-hydrogen) atoms. The normalized spacial score (nSPS) is 28.4. The first-order valence-electron chi connectivity index (χ1n) is 15.9. The van der Waals surface area contributed by atoms with Gasteiger partial charge in [0.15, 0.2) is 17.7 Å². The van der Waals surface area contributed by atoms with E-state index in [0.717, 1.165) is 31.3 Å². The molecule has 8 unspecified atom stereocenters.